The fourth-order valence-electron chi connectivity index (χ4n) is 0.670. The summed E-state index contributed by atoms with van der Waals surface area (Å²) >= 11 is 0. The standard InChI is InChI=1S/C9H15NO2/c1-4-9(12)10-6-5-8(11)7(2)3/h4,7H,1,5-6H2,2-3H3,(H,10,12). The molecule has 0 radical (unpaired) electrons. The maximum absolute atomic E-state index is 11.0. The second-order valence-electron chi connectivity index (χ2n) is 2.87. The van der Waals surface area contributed by atoms with E-state index in [9.17, 15) is 9.59 Å². The number of Topliss-reactive ketones (excluding diaryl/α,β-unsaturated/α-hetero) is 1. The summed E-state index contributed by atoms with van der Waals surface area (Å²) in [6.45, 7) is 7.39. The SMILES string of the molecule is C=CC(=O)NCCC(=O)C(C)C. The molecule has 12 heavy (non-hydrogen) atoms. The van der Waals surface area contributed by atoms with Crippen LogP contribution in [0.15, 0.2) is 12.7 Å². The van der Waals surface area contributed by atoms with Crippen molar-refractivity contribution in [3.63, 3.8) is 0 Å². The first-order chi connectivity index (χ1) is 5.57. The third kappa shape index (κ3) is 4.66. The van der Waals surface area contributed by atoms with E-state index >= 15 is 0 Å². The van der Waals surface area contributed by atoms with Crippen molar-refractivity contribution in [2.75, 3.05) is 6.54 Å². The van der Waals surface area contributed by atoms with Crippen LogP contribution in [0.5, 0.6) is 0 Å². The molecule has 0 fully saturated rings. The van der Waals surface area contributed by atoms with Crippen LogP contribution in [0.4, 0.5) is 0 Å². The van der Waals surface area contributed by atoms with Crippen LogP contribution < -0.4 is 5.32 Å². The van der Waals surface area contributed by atoms with E-state index in [1.165, 1.54) is 6.08 Å². The number of ketones is 1. The highest BCUT2D eigenvalue weighted by molar-refractivity contribution is 5.87. The molecule has 0 rings (SSSR count). The van der Waals surface area contributed by atoms with E-state index in [-0.39, 0.29) is 17.6 Å². The molecule has 3 nitrogen and oxygen atoms in total. The van der Waals surface area contributed by atoms with Crippen LogP contribution in [-0.2, 0) is 9.59 Å². The third-order valence-corrected chi connectivity index (χ3v) is 1.50. The first kappa shape index (κ1) is 10.9. The molecule has 0 atom stereocenters. The molecule has 0 aromatic rings. The fourth-order valence-corrected chi connectivity index (χ4v) is 0.670. The van der Waals surface area contributed by atoms with E-state index in [0.717, 1.165) is 0 Å². The monoisotopic (exact) mass is 169 g/mol. The number of carbonyl (C=O) groups excluding carboxylic acids is 2. The van der Waals surface area contributed by atoms with Gasteiger partial charge in [0.25, 0.3) is 0 Å². The molecule has 0 saturated heterocycles. The highest BCUT2D eigenvalue weighted by atomic mass is 16.1. The second kappa shape index (κ2) is 5.52. The molecule has 0 saturated carbocycles. The number of carbonyl (C=O) groups is 2. The average molecular weight is 169 g/mol. The molecule has 0 aliphatic rings. The van der Waals surface area contributed by atoms with Gasteiger partial charge >= 0.3 is 0 Å². The van der Waals surface area contributed by atoms with E-state index in [1.54, 1.807) is 0 Å². The first-order valence-corrected chi connectivity index (χ1v) is 4.01. The summed E-state index contributed by atoms with van der Waals surface area (Å²) in [5.41, 5.74) is 0. The number of nitrogens with one attached hydrogen (secondary N) is 1. The lowest BCUT2D eigenvalue weighted by atomic mass is 10.1. The van der Waals surface area contributed by atoms with Gasteiger partial charge in [-0.25, -0.2) is 0 Å². The van der Waals surface area contributed by atoms with Crippen LogP contribution in [0, 0.1) is 5.92 Å². The molecule has 0 bridgehead atoms. The molecule has 0 heterocycles. The summed E-state index contributed by atoms with van der Waals surface area (Å²) < 4.78 is 0. The van der Waals surface area contributed by atoms with Crippen LogP contribution in [0.25, 0.3) is 0 Å². The summed E-state index contributed by atoms with van der Waals surface area (Å²) in [5, 5.41) is 2.54. The Bertz CT molecular complexity index is 185. The molecule has 0 aromatic heterocycles. The van der Waals surface area contributed by atoms with Gasteiger partial charge in [-0.15, -0.1) is 0 Å². The van der Waals surface area contributed by atoms with Gasteiger partial charge in [0.2, 0.25) is 5.91 Å². The zero-order valence-electron chi connectivity index (χ0n) is 7.59. The highest BCUT2D eigenvalue weighted by Crippen LogP contribution is 1.96. The molecule has 0 spiro atoms. The third-order valence-electron chi connectivity index (χ3n) is 1.50. The molecule has 0 aromatic carbocycles. The van der Waals surface area contributed by atoms with E-state index in [4.69, 9.17) is 0 Å². The maximum atomic E-state index is 11.0. The molecular formula is C9H15NO2. The Balaban J connectivity index is 3.50. The lowest BCUT2D eigenvalue weighted by Crippen LogP contribution is -2.24. The van der Waals surface area contributed by atoms with Crippen molar-refractivity contribution >= 4 is 11.7 Å². The van der Waals surface area contributed by atoms with Gasteiger partial charge in [-0.2, -0.15) is 0 Å². The zero-order valence-corrected chi connectivity index (χ0v) is 7.59. The first-order valence-electron chi connectivity index (χ1n) is 4.01. The van der Waals surface area contributed by atoms with Crippen molar-refractivity contribution < 1.29 is 9.59 Å². The zero-order chi connectivity index (χ0) is 9.56. The van der Waals surface area contributed by atoms with Gasteiger partial charge in [-0.3, -0.25) is 9.59 Å². The van der Waals surface area contributed by atoms with Crippen LogP contribution >= 0.6 is 0 Å². The largest absolute Gasteiger partial charge is 0.352 e. The van der Waals surface area contributed by atoms with Crippen LogP contribution in [-0.4, -0.2) is 18.2 Å². The minimum atomic E-state index is -0.230. The topological polar surface area (TPSA) is 46.2 Å². The summed E-state index contributed by atoms with van der Waals surface area (Å²) in [5.74, 6) is -0.0171. The van der Waals surface area contributed by atoms with Gasteiger partial charge in [-0.1, -0.05) is 20.4 Å². The molecule has 1 amide bonds. The van der Waals surface area contributed by atoms with Gasteiger partial charge in [0.15, 0.2) is 0 Å². The Hall–Kier alpha value is -1.12. The predicted octanol–water partition coefficient (Wildman–Crippen LogP) is 0.904. The summed E-state index contributed by atoms with van der Waals surface area (Å²) in [6.07, 6.45) is 1.59. The highest BCUT2D eigenvalue weighted by Gasteiger charge is 2.06. The quantitative estimate of drug-likeness (QED) is 0.621. The molecular weight excluding hydrogens is 154 g/mol. The molecule has 0 aliphatic heterocycles. The fraction of sp³-hybridized carbons (Fsp3) is 0.556. The van der Waals surface area contributed by atoms with Gasteiger partial charge in [0.05, 0.1) is 0 Å². The van der Waals surface area contributed by atoms with E-state index in [0.29, 0.717) is 13.0 Å². The van der Waals surface area contributed by atoms with Crippen molar-refractivity contribution in [1.29, 1.82) is 0 Å². The maximum Gasteiger partial charge on any atom is 0.243 e. The van der Waals surface area contributed by atoms with Gasteiger partial charge in [0.1, 0.15) is 5.78 Å². The van der Waals surface area contributed by atoms with Gasteiger partial charge in [0, 0.05) is 18.9 Å². The van der Waals surface area contributed by atoms with Crippen molar-refractivity contribution in [2.24, 2.45) is 5.92 Å². The van der Waals surface area contributed by atoms with Crippen LogP contribution in [0.1, 0.15) is 20.3 Å². The average Bonchev–Trinajstić information content (AvgIpc) is 2.03. The van der Waals surface area contributed by atoms with Crippen molar-refractivity contribution in [1.82, 2.24) is 5.32 Å². The molecule has 0 unspecified atom stereocenters. The van der Waals surface area contributed by atoms with Crippen molar-refractivity contribution in [3.8, 4) is 0 Å². The minimum Gasteiger partial charge on any atom is -0.352 e. The Kier molecular flexibility index (Phi) is 5.00. The lowest BCUT2D eigenvalue weighted by molar-refractivity contribution is -0.122. The summed E-state index contributed by atoms with van der Waals surface area (Å²) in [6, 6.07) is 0. The number of rotatable bonds is 5. The smallest absolute Gasteiger partial charge is 0.243 e. The van der Waals surface area contributed by atoms with E-state index in [2.05, 4.69) is 11.9 Å². The van der Waals surface area contributed by atoms with Crippen molar-refractivity contribution in [3.05, 3.63) is 12.7 Å². The van der Waals surface area contributed by atoms with Crippen LogP contribution in [0.2, 0.25) is 0 Å². The summed E-state index contributed by atoms with van der Waals surface area (Å²) in [4.78, 5) is 21.7. The van der Waals surface area contributed by atoms with Crippen LogP contribution in [0.3, 0.4) is 0 Å². The molecule has 3 heteroatoms. The predicted molar refractivity (Wildman–Crippen MR) is 47.7 cm³/mol. The summed E-state index contributed by atoms with van der Waals surface area (Å²) in [7, 11) is 0. The second-order valence-corrected chi connectivity index (χ2v) is 2.87. The molecule has 68 valence electrons. The lowest BCUT2D eigenvalue weighted by Gasteiger charge is -2.03. The number of amides is 1. The van der Waals surface area contributed by atoms with Gasteiger partial charge in [-0.05, 0) is 6.08 Å². The minimum absolute atomic E-state index is 0.0469. The Labute approximate surface area is 72.8 Å². The Morgan fingerprint density at radius 3 is 2.50 bits per heavy atom. The molecule has 1 N–H and O–H groups in total. The Morgan fingerprint density at radius 2 is 2.08 bits per heavy atom. The normalized spacial score (nSPS) is 9.58. The van der Waals surface area contributed by atoms with E-state index in [1.807, 2.05) is 13.8 Å². The number of hydrogen-bond acceptors (Lipinski definition) is 2. The van der Waals surface area contributed by atoms with E-state index < -0.39 is 0 Å². The van der Waals surface area contributed by atoms with Gasteiger partial charge < -0.3 is 5.32 Å². The molecule has 0 aliphatic carbocycles. The van der Waals surface area contributed by atoms with Crippen molar-refractivity contribution in [2.45, 2.75) is 20.3 Å². The Morgan fingerprint density at radius 1 is 1.50 bits per heavy atom. The number of hydrogen-bond donors (Lipinski definition) is 1.